The standard InChI is InChI=1S/C14H10BrN3O2/c15-13-9-17(16-14(13)18(19)20)8-11-6-3-5-10-4-1-2-7-12(10)11/h1-7,9H,8H2. The van der Waals surface area contributed by atoms with E-state index in [0.717, 1.165) is 16.3 Å². The van der Waals surface area contributed by atoms with Crippen LogP contribution < -0.4 is 0 Å². The zero-order valence-electron chi connectivity index (χ0n) is 10.4. The maximum absolute atomic E-state index is 10.8. The molecule has 6 heteroatoms. The Balaban J connectivity index is 2.01. The Morgan fingerprint density at radius 2 is 1.95 bits per heavy atom. The van der Waals surface area contributed by atoms with Crippen molar-refractivity contribution in [1.29, 1.82) is 0 Å². The lowest BCUT2D eigenvalue weighted by Gasteiger charge is -2.04. The molecule has 0 saturated carbocycles. The number of nitrogens with zero attached hydrogens (tertiary/aromatic N) is 3. The minimum absolute atomic E-state index is 0.162. The predicted molar refractivity (Wildman–Crippen MR) is 79.6 cm³/mol. The molecule has 5 nitrogen and oxygen atoms in total. The monoisotopic (exact) mass is 331 g/mol. The minimum Gasteiger partial charge on any atom is -0.358 e. The molecular weight excluding hydrogens is 322 g/mol. The highest BCUT2D eigenvalue weighted by Crippen LogP contribution is 2.24. The van der Waals surface area contributed by atoms with Crippen LogP contribution in [0.3, 0.4) is 0 Å². The predicted octanol–water partition coefficient (Wildman–Crippen LogP) is 3.76. The summed E-state index contributed by atoms with van der Waals surface area (Å²) in [5.41, 5.74) is 1.08. The van der Waals surface area contributed by atoms with Gasteiger partial charge in [-0.15, -0.1) is 0 Å². The van der Waals surface area contributed by atoms with Crippen molar-refractivity contribution in [3.8, 4) is 0 Å². The summed E-state index contributed by atoms with van der Waals surface area (Å²) >= 11 is 3.16. The van der Waals surface area contributed by atoms with E-state index in [1.165, 1.54) is 0 Å². The zero-order chi connectivity index (χ0) is 14.1. The smallest absolute Gasteiger partial charge is 0.358 e. The molecule has 0 fully saturated rings. The van der Waals surface area contributed by atoms with Gasteiger partial charge in [-0.2, -0.15) is 4.68 Å². The van der Waals surface area contributed by atoms with E-state index in [1.54, 1.807) is 10.9 Å². The molecule has 2 aromatic carbocycles. The summed E-state index contributed by atoms with van der Waals surface area (Å²) in [6, 6.07) is 14.1. The fourth-order valence-electron chi connectivity index (χ4n) is 2.20. The lowest BCUT2D eigenvalue weighted by atomic mass is 10.0. The van der Waals surface area contributed by atoms with Crippen LogP contribution in [0.1, 0.15) is 5.56 Å². The highest BCUT2D eigenvalue weighted by atomic mass is 79.9. The number of aromatic nitrogens is 2. The van der Waals surface area contributed by atoms with Crippen LogP contribution in [0.5, 0.6) is 0 Å². The SMILES string of the molecule is O=[N+]([O-])c1nn(Cc2cccc3ccccc23)cc1Br. The molecular formula is C14H10BrN3O2. The fourth-order valence-corrected chi connectivity index (χ4v) is 2.66. The molecule has 1 aromatic heterocycles. The van der Waals surface area contributed by atoms with E-state index in [2.05, 4.69) is 21.0 Å². The summed E-state index contributed by atoms with van der Waals surface area (Å²) in [5.74, 6) is -0.162. The van der Waals surface area contributed by atoms with Crippen LogP contribution in [-0.2, 0) is 6.54 Å². The van der Waals surface area contributed by atoms with Crippen LogP contribution in [0.4, 0.5) is 5.82 Å². The Morgan fingerprint density at radius 3 is 2.70 bits per heavy atom. The zero-order valence-corrected chi connectivity index (χ0v) is 11.9. The van der Waals surface area contributed by atoms with Gasteiger partial charge in [0.05, 0.1) is 17.8 Å². The average molecular weight is 332 g/mol. The van der Waals surface area contributed by atoms with Crippen molar-refractivity contribution in [3.05, 3.63) is 68.8 Å². The van der Waals surface area contributed by atoms with Crippen molar-refractivity contribution in [2.24, 2.45) is 0 Å². The van der Waals surface area contributed by atoms with Crippen LogP contribution in [-0.4, -0.2) is 14.7 Å². The Bertz CT molecular complexity index is 793. The molecule has 20 heavy (non-hydrogen) atoms. The number of nitro groups is 1. The maximum atomic E-state index is 10.8. The highest BCUT2D eigenvalue weighted by molar-refractivity contribution is 9.10. The van der Waals surface area contributed by atoms with Gasteiger partial charge < -0.3 is 10.1 Å². The quantitative estimate of drug-likeness (QED) is 0.542. The fraction of sp³-hybridized carbons (Fsp3) is 0.0714. The van der Waals surface area contributed by atoms with Crippen LogP contribution in [0.15, 0.2) is 53.1 Å². The number of hydrogen-bond donors (Lipinski definition) is 0. The number of hydrogen-bond acceptors (Lipinski definition) is 3. The maximum Gasteiger partial charge on any atom is 0.404 e. The largest absolute Gasteiger partial charge is 0.404 e. The van der Waals surface area contributed by atoms with Crippen LogP contribution in [0.25, 0.3) is 10.8 Å². The first-order chi connectivity index (χ1) is 9.65. The second-order valence-electron chi connectivity index (χ2n) is 4.39. The first kappa shape index (κ1) is 12.8. The molecule has 0 atom stereocenters. The Morgan fingerprint density at radius 1 is 1.20 bits per heavy atom. The Hall–Kier alpha value is -2.21. The summed E-state index contributed by atoms with van der Waals surface area (Å²) in [5, 5.41) is 17.1. The summed E-state index contributed by atoms with van der Waals surface area (Å²) in [6.07, 6.45) is 1.62. The van der Waals surface area contributed by atoms with Crippen molar-refractivity contribution in [2.45, 2.75) is 6.54 Å². The van der Waals surface area contributed by atoms with Gasteiger partial charge in [0.15, 0.2) is 0 Å². The third kappa shape index (κ3) is 2.30. The van der Waals surface area contributed by atoms with E-state index in [-0.39, 0.29) is 5.82 Å². The molecule has 0 aliphatic heterocycles. The number of rotatable bonds is 3. The van der Waals surface area contributed by atoms with Gasteiger partial charge in [0.2, 0.25) is 0 Å². The molecule has 3 rings (SSSR count). The molecule has 0 unspecified atom stereocenters. The van der Waals surface area contributed by atoms with Gasteiger partial charge in [-0.1, -0.05) is 42.5 Å². The molecule has 0 aliphatic carbocycles. The van der Waals surface area contributed by atoms with Crippen LogP contribution in [0, 0.1) is 10.1 Å². The number of halogens is 1. The second-order valence-corrected chi connectivity index (χ2v) is 5.25. The van der Waals surface area contributed by atoms with Gasteiger partial charge in [0.25, 0.3) is 0 Å². The number of fused-ring (bicyclic) bond motifs is 1. The topological polar surface area (TPSA) is 61.0 Å². The van der Waals surface area contributed by atoms with Crippen molar-refractivity contribution >= 4 is 32.5 Å². The van der Waals surface area contributed by atoms with Gasteiger partial charge in [-0.3, -0.25) is 0 Å². The van der Waals surface area contributed by atoms with Crippen molar-refractivity contribution in [3.63, 3.8) is 0 Å². The molecule has 0 radical (unpaired) electrons. The lowest BCUT2D eigenvalue weighted by molar-refractivity contribution is -0.390. The van der Waals surface area contributed by atoms with Gasteiger partial charge in [-0.25, -0.2) is 0 Å². The number of benzene rings is 2. The van der Waals surface area contributed by atoms with E-state index >= 15 is 0 Å². The van der Waals surface area contributed by atoms with Gasteiger partial charge in [0, 0.05) is 0 Å². The van der Waals surface area contributed by atoms with E-state index in [9.17, 15) is 10.1 Å². The van der Waals surface area contributed by atoms with E-state index in [4.69, 9.17) is 0 Å². The molecule has 0 bridgehead atoms. The van der Waals surface area contributed by atoms with Gasteiger partial charge >= 0.3 is 5.82 Å². The first-order valence-corrected chi connectivity index (χ1v) is 6.78. The Kier molecular flexibility index (Phi) is 3.23. The van der Waals surface area contributed by atoms with Crippen molar-refractivity contribution in [1.82, 2.24) is 9.78 Å². The van der Waals surface area contributed by atoms with Crippen molar-refractivity contribution in [2.75, 3.05) is 0 Å². The highest BCUT2D eigenvalue weighted by Gasteiger charge is 2.18. The minimum atomic E-state index is -0.496. The molecule has 1 heterocycles. The molecule has 0 amide bonds. The molecule has 0 saturated heterocycles. The Labute approximate surface area is 123 Å². The average Bonchev–Trinajstić information content (AvgIpc) is 2.80. The molecule has 0 spiro atoms. The normalized spacial score (nSPS) is 10.8. The van der Waals surface area contributed by atoms with Crippen LogP contribution >= 0.6 is 15.9 Å². The van der Waals surface area contributed by atoms with Gasteiger partial charge in [0.1, 0.15) is 4.47 Å². The summed E-state index contributed by atoms with van der Waals surface area (Å²) in [6.45, 7) is 0.494. The first-order valence-electron chi connectivity index (χ1n) is 5.99. The summed E-state index contributed by atoms with van der Waals surface area (Å²) < 4.78 is 1.96. The third-order valence-corrected chi connectivity index (χ3v) is 3.64. The molecule has 0 N–H and O–H groups in total. The second kappa shape index (κ2) is 5.05. The van der Waals surface area contributed by atoms with E-state index < -0.39 is 4.92 Å². The molecule has 3 aromatic rings. The van der Waals surface area contributed by atoms with Crippen molar-refractivity contribution < 1.29 is 4.92 Å². The van der Waals surface area contributed by atoms with E-state index in [1.807, 2.05) is 42.5 Å². The lowest BCUT2D eigenvalue weighted by Crippen LogP contribution is -2.01. The van der Waals surface area contributed by atoms with E-state index in [0.29, 0.717) is 11.0 Å². The van der Waals surface area contributed by atoms with Crippen LogP contribution in [0.2, 0.25) is 0 Å². The molecule has 0 aliphatic rings. The third-order valence-electron chi connectivity index (χ3n) is 3.08. The van der Waals surface area contributed by atoms with Gasteiger partial charge in [-0.05, 0) is 37.2 Å². The summed E-state index contributed by atoms with van der Waals surface area (Å²) in [7, 11) is 0. The summed E-state index contributed by atoms with van der Waals surface area (Å²) in [4.78, 5) is 10.3. The molecule has 100 valence electrons.